The summed E-state index contributed by atoms with van der Waals surface area (Å²) in [5, 5.41) is 0. The number of carbonyl (C=O) groups excluding carboxylic acids is 3. The van der Waals surface area contributed by atoms with Crippen molar-refractivity contribution < 1.29 is 28.6 Å². The third-order valence-electron chi connectivity index (χ3n) is 14.6. The summed E-state index contributed by atoms with van der Waals surface area (Å²) in [4.78, 5) is 38.2. The zero-order valence-electron chi connectivity index (χ0n) is 52.1. The van der Waals surface area contributed by atoms with E-state index in [-0.39, 0.29) is 37.5 Å². The molecule has 1 atom stereocenters. The van der Waals surface area contributed by atoms with Crippen LogP contribution in [0.2, 0.25) is 0 Å². The molecule has 0 heterocycles. The van der Waals surface area contributed by atoms with Crippen molar-refractivity contribution in [1.82, 2.24) is 0 Å². The summed E-state index contributed by atoms with van der Waals surface area (Å²) in [5.41, 5.74) is 0. The van der Waals surface area contributed by atoms with Gasteiger partial charge in [0.1, 0.15) is 13.2 Å². The molecule has 6 nitrogen and oxygen atoms in total. The Morgan fingerprint density at radius 3 is 0.810 bits per heavy atom. The molecule has 0 saturated heterocycles. The number of carbonyl (C=O) groups is 3. The first kappa shape index (κ1) is 75.3. The second-order valence-electron chi connectivity index (χ2n) is 22.4. The number of allylic oxidation sites excluding steroid dienone is 16. The van der Waals surface area contributed by atoms with E-state index in [2.05, 4.69) is 118 Å². The predicted molar refractivity (Wildman–Crippen MR) is 344 cm³/mol. The number of ether oxygens (including phenoxy) is 3. The first-order valence-corrected chi connectivity index (χ1v) is 33.7. The van der Waals surface area contributed by atoms with Crippen LogP contribution in [0, 0.1) is 0 Å². The van der Waals surface area contributed by atoms with Crippen LogP contribution in [0.1, 0.15) is 329 Å². The van der Waals surface area contributed by atoms with Gasteiger partial charge in [-0.1, -0.05) is 311 Å². The monoisotopic (exact) mass is 1100 g/mol. The van der Waals surface area contributed by atoms with E-state index in [1.165, 1.54) is 193 Å². The molecule has 0 bridgehead atoms. The van der Waals surface area contributed by atoms with Crippen LogP contribution in [-0.4, -0.2) is 37.2 Å². The van der Waals surface area contributed by atoms with Crippen molar-refractivity contribution in [2.24, 2.45) is 0 Å². The van der Waals surface area contributed by atoms with Crippen LogP contribution < -0.4 is 0 Å². The van der Waals surface area contributed by atoms with Gasteiger partial charge in [0.25, 0.3) is 0 Å². The fourth-order valence-electron chi connectivity index (χ4n) is 9.55. The van der Waals surface area contributed by atoms with Gasteiger partial charge in [0.05, 0.1) is 0 Å². The Labute approximate surface area is 489 Å². The van der Waals surface area contributed by atoms with E-state index in [0.29, 0.717) is 19.3 Å². The molecular weight excluding hydrogens is 973 g/mol. The Hall–Kier alpha value is -3.67. The van der Waals surface area contributed by atoms with Crippen molar-refractivity contribution in [2.45, 2.75) is 335 Å². The summed E-state index contributed by atoms with van der Waals surface area (Å²) < 4.78 is 16.9. The number of hydrogen-bond donors (Lipinski definition) is 0. The van der Waals surface area contributed by atoms with Gasteiger partial charge in [0.2, 0.25) is 0 Å². The van der Waals surface area contributed by atoms with Crippen LogP contribution in [0.4, 0.5) is 0 Å². The molecule has 79 heavy (non-hydrogen) atoms. The SMILES string of the molecule is CC/C=C\C/C=C\C/C=C\C/C=C\C/C=C\CCCC(=O)OC(COC(=O)CCCCCCCCCCCCC)COC(=O)CCCCCCCCCCCCCCCCCCCC/C=C\C/C=C\C/C=C\CCCCCCC. The van der Waals surface area contributed by atoms with Crippen LogP contribution in [0.25, 0.3) is 0 Å². The molecule has 0 fully saturated rings. The Morgan fingerprint density at radius 1 is 0.266 bits per heavy atom. The average Bonchev–Trinajstić information content (AvgIpc) is 3.45. The minimum absolute atomic E-state index is 0.0964. The fraction of sp³-hybridized carbons (Fsp3) is 0.740. The van der Waals surface area contributed by atoms with Crippen LogP contribution in [-0.2, 0) is 28.6 Å². The lowest BCUT2D eigenvalue weighted by Gasteiger charge is -2.18. The number of esters is 3. The molecule has 0 saturated carbocycles. The topological polar surface area (TPSA) is 78.9 Å². The van der Waals surface area contributed by atoms with Gasteiger partial charge >= 0.3 is 17.9 Å². The summed E-state index contributed by atoms with van der Waals surface area (Å²) in [6, 6.07) is 0. The van der Waals surface area contributed by atoms with E-state index in [4.69, 9.17) is 14.2 Å². The van der Waals surface area contributed by atoms with Gasteiger partial charge in [-0.05, 0) is 96.3 Å². The number of unbranched alkanes of at least 4 members (excludes halogenated alkanes) is 34. The maximum absolute atomic E-state index is 12.9. The van der Waals surface area contributed by atoms with Gasteiger partial charge in [-0.2, -0.15) is 0 Å². The van der Waals surface area contributed by atoms with Crippen LogP contribution in [0.15, 0.2) is 97.2 Å². The van der Waals surface area contributed by atoms with E-state index >= 15 is 0 Å². The Balaban J connectivity index is 4.17. The Morgan fingerprint density at radius 2 is 0.506 bits per heavy atom. The summed E-state index contributed by atoms with van der Waals surface area (Å²) in [7, 11) is 0. The smallest absolute Gasteiger partial charge is 0.306 e. The van der Waals surface area contributed by atoms with E-state index in [0.717, 1.165) is 89.9 Å². The van der Waals surface area contributed by atoms with E-state index in [1.54, 1.807) is 0 Å². The van der Waals surface area contributed by atoms with Crippen LogP contribution >= 0.6 is 0 Å². The van der Waals surface area contributed by atoms with Gasteiger partial charge < -0.3 is 14.2 Å². The third kappa shape index (κ3) is 65.0. The van der Waals surface area contributed by atoms with Crippen molar-refractivity contribution in [1.29, 1.82) is 0 Å². The summed E-state index contributed by atoms with van der Waals surface area (Å²) >= 11 is 0. The van der Waals surface area contributed by atoms with Gasteiger partial charge in [-0.25, -0.2) is 0 Å². The summed E-state index contributed by atoms with van der Waals surface area (Å²) in [6.45, 7) is 6.49. The highest BCUT2D eigenvalue weighted by molar-refractivity contribution is 5.71. The third-order valence-corrected chi connectivity index (χ3v) is 14.6. The fourth-order valence-corrected chi connectivity index (χ4v) is 9.55. The molecular formula is C73H126O6. The molecule has 0 aromatic carbocycles. The molecule has 0 radical (unpaired) electrons. The average molecular weight is 1100 g/mol. The van der Waals surface area contributed by atoms with Crippen molar-refractivity contribution in [2.75, 3.05) is 13.2 Å². The highest BCUT2D eigenvalue weighted by Crippen LogP contribution is 2.17. The molecule has 0 aliphatic rings. The van der Waals surface area contributed by atoms with Gasteiger partial charge in [0.15, 0.2) is 6.10 Å². The molecule has 0 aliphatic carbocycles. The predicted octanol–water partition coefficient (Wildman–Crippen LogP) is 23.2. The number of hydrogen-bond acceptors (Lipinski definition) is 6. The maximum Gasteiger partial charge on any atom is 0.306 e. The van der Waals surface area contributed by atoms with Crippen molar-refractivity contribution in [3.05, 3.63) is 97.2 Å². The standard InChI is InChI=1S/C73H126O6/c1-4-7-10-13-16-19-22-24-26-28-29-30-31-32-33-34-35-36-37-38-39-40-41-42-43-45-46-48-51-54-57-60-63-66-72(75)78-69-70(68-77-71(74)65-62-59-56-53-50-21-18-15-12-9-6-3)79-73(76)67-64-61-58-55-52-49-47-44-27-25-23-20-17-14-11-8-5-2/h8,11,17,20,22,24-25,27-29,31-32,47,49,55,58,70H,4-7,9-10,12-16,18-19,21,23,26,30,33-46,48,50-54,56-57,59-69H2,1-3H3/b11-8-,20-17-,24-22-,27-25-,29-28-,32-31-,49-47-,58-55-. The highest BCUT2D eigenvalue weighted by Gasteiger charge is 2.19. The second kappa shape index (κ2) is 66.8. The Bertz CT molecular complexity index is 1540. The minimum Gasteiger partial charge on any atom is -0.462 e. The number of rotatable bonds is 61. The quantitative estimate of drug-likeness (QED) is 0.0261. The van der Waals surface area contributed by atoms with Gasteiger partial charge in [0, 0.05) is 19.3 Å². The van der Waals surface area contributed by atoms with Crippen molar-refractivity contribution in [3.8, 4) is 0 Å². The van der Waals surface area contributed by atoms with Crippen LogP contribution in [0.5, 0.6) is 0 Å². The molecule has 0 aromatic rings. The van der Waals surface area contributed by atoms with Crippen molar-refractivity contribution in [3.63, 3.8) is 0 Å². The molecule has 0 aliphatic heterocycles. The molecule has 454 valence electrons. The van der Waals surface area contributed by atoms with Gasteiger partial charge in [-0.3, -0.25) is 14.4 Å². The lowest BCUT2D eigenvalue weighted by Crippen LogP contribution is -2.30. The lowest BCUT2D eigenvalue weighted by atomic mass is 10.0. The van der Waals surface area contributed by atoms with E-state index in [1.807, 2.05) is 0 Å². The van der Waals surface area contributed by atoms with Crippen LogP contribution in [0.3, 0.4) is 0 Å². The molecule has 0 rings (SSSR count). The summed E-state index contributed by atoms with van der Waals surface area (Å²) in [6.07, 6.45) is 90.2. The zero-order chi connectivity index (χ0) is 57.1. The second-order valence-corrected chi connectivity index (χ2v) is 22.4. The van der Waals surface area contributed by atoms with E-state index < -0.39 is 6.10 Å². The largest absolute Gasteiger partial charge is 0.462 e. The normalized spacial score (nSPS) is 12.7. The highest BCUT2D eigenvalue weighted by atomic mass is 16.6. The first-order chi connectivity index (χ1) is 39.0. The summed E-state index contributed by atoms with van der Waals surface area (Å²) in [5.74, 6) is -0.945. The van der Waals surface area contributed by atoms with Gasteiger partial charge in [-0.15, -0.1) is 0 Å². The molecule has 0 aromatic heterocycles. The minimum atomic E-state index is -0.805. The molecule has 0 N–H and O–H groups in total. The molecule has 6 heteroatoms. The molecule has 0 spiro atoms. The zero-order valence-corrected chi connectivity index (χ0v) is 52.1. The maximum atomic E-state index is 12.9. The Kier molecular flexibility index (Phi) is 63.7. The lowest BCUT2D eigenvalue weighted by molar-refractivity contribution is -0.167. The molecule has 0 amide bonds. The first-order valence-electron chi connectivity index (χ1n) is 33.7. The molecule has 1 unspecified atom stereocenters. The van der Waals surface area contributed by atoms with Crippen molar-refractivity contribution >= 4 is 17.9 Å². The van der Waals surface area contributed by atoms with E-state index in [9.17, 15) is 14.4 Å².